The molecule has 24 heavy (non-hydrogen) atoms. The zero-order valence-electron chi connectivity index (χ0n) is 13.6. The van der Waals surface area contributed by atoms with E-state index in [2.05, 4.69) is 15.6 Å². The summed E-state index contributed by atoms with van der Waals surface area (Å²) in [5, 5.41) is 5.78. The lowest BCUT2D eigenvalue weighted by atomic mass is 10.1. The van der Waals surface area contributed by atoms with Crippen LogP contribution in [0.15, 0.2) is 23.0 Å². The Hall–Kier alpha value is -2.70. The number of benzene rings is 1. The lowest BCUT2D eigenvalue weighted by Gasteiger charge is -2.08. The van der Waals surface area contributed by atoms with Gasteiger partial charge in [0.05, 0.1) is 17.4 Å². The van der Waals surface area contributed by atoms with E-state index >= 15 is 0 Å². The van der Waals surface area contributed by atoms with E-state index in [0.717, 1.165) is 25.1 Å². The second-order valence-corrected chi connectivity index (χ2v) is 5.85. The second kappa shape index (κ2) is 6.82. The van der Waals surface area contributed by atoms with Crippen molar-refractivity contribution in [2.75, 3.05) is 13.1 Å². The zero-order chi connectivity index (χ0) is 17.1. The van der Waals surface area contributed by atoms with Gasteiger partial charge in [-0.1, -0.05) is 6.92 Å². The van der Waals surface area contributed by atoms with Crippen LogP contribution in [0.2, 0.25) is 0 Å². The van der Waals surface area contributed by atoms with Gasteiger partial charge in [0.15, 0.2) is 0 Å². The Labute approximate surface area is 139 Å². The van der Waals surface area contributed by atoms with E-state index < -0.39 is 0 Å². The van der Waals surface area contributed by atoms with Crippen LogP contribution in [0.3, 0.4) is 0 Å². The van der Waals surface area contributed by atoms with Crippen LogP contribution in [0.5, 0.6) is 0 Å². The maximum atomic E-state index is 12.4. The third kappa shape index (κ3) is 3.15. The molecule has 0 saturated carbocycles. The van der Waals surface area contributed by atoms with Gasteiger partial charge < -0.3 is 10.6 Å². The summed E-state index contributed by atoms with van der Waals surface area (Å²) in [6, 6.07) is 4.82. The van der Waals surface area contributed by atoms with Gasteiger partial charge in [-0.15, -0.1) is 0 Å². The molecule has 0 saturated heterocycles. The normalized spacial score (nSPS) is 12.9. The highest BCUT2D eigenvalue weighted by Gasteiger charge is 2.17. The van der Waals surface area contributed by atoms with Gasteiger partial charge in [-0.3, -0.25) is 19.0 Å². The molecule has 7 heteroatoms. The fraction of sp³-hybridized carbons (Fsp3) is 0.412. The minimum Gasteiger partial charge on any atom is -0.355 e. The van der Waals surface area contributed by atoms with Crippen LogP contribution in [0.1, 0.15) is 35.9 Å². The van der Waals surface area contributed by atoms with Crippen LogP contribution in [0.4, 0.5) is 0 Å². The number of rotatable bonds is 5. The predicted molar refractivity (Wildman–Crippen MR) is 90.0 cm³/mol. The van der Waals surface area contributed by atoms with Gasteiger partial charge in [0.25, 0.3) is 11.5 Å². The standard InChI is InChI=1S/C17H20N4O3/c1-2-7-18-15(22)10-19-16(23)11-5-6-12-13(9-11)20-14-4-3-8-21(14)17(12)24/h5-6,9H,2-4,7-8,10H2,1H3,(H,18,22)(H,19,23). The molecule has 1 aliphatic rings. The largest absolute Gasteiger partial charge is 0.355 e. The van der Waals surface area contributed by atoms with Gasteiger partial charge in [-0.25, -0.2) is 4.98 Å². The molecular formula is C17H20N4O3. The third-order valence-electron chi connectivity index (χ3n) is 4.06. The van der Waals surface area contributed by atoms with E-state index in [1.165, 1.54) is 0 Å². The Morgan fingerprint density at radius 2 is 2.12 bits per heavy atom. The zero-order valence-corrected chi connectivity index (χ0v) is 13.6. The van der Waals surface area contributed by atoms with E-state index in [4.69, 9.17) is 0 Å². The number of hydrogen-bond donors (Lipinski definition) is 2. The van der Waals surface area contributed by atoms with Crippen molar-refractivity contribution in [3.8, 4) is 0 Å². The van der Waals surface area contributed by atoms with Crippen molar-refractivity contribution >= 4 is 22.7 Å². The van der Waals surface area contributed by atoms with E-state index in [1.54, 1.807) is 22.8 Å². The van der Waals surface area contributed by atoms with Gasteiger partial charge in [-0.05, 0) is 31.0 Å². The Kier molecular flexibility index (Phi) is 4.59. The van der Waals surface area contributed by atoms with Gasteiger partial charge in [-0.2, -0.15) is 0 Å². The lowest BCUT2D eigenvalue weighted by molar-refractivity contribution is -0.120. The first kappa shape index (κ1) is 16.2. The van der Waals surface area contributed by atoms with Crippen LogP contribution in [-0.2, 0) is 17.8 Å². The van der Waals surface area contributed by atoms with Crippen molar-refractivity contribution in [2.45, 2.75) is 32.7 Å². The van der Waals surface area contributed by atoms with E-state index in [0.29, 0.717) is 29.6 Å². The first-order valence-corrected chi connectivity index (χ1v) is 8.18. The number of carbonyl (C=O) groups is 2. The Morgan fingerprint density at radius 3 is 2.92 bits per heavy atom. The van der Waals surface area contributed by atoms with E-state index in [1.807, 2.05) is 6.92 Å². The summed E-state index contributed by atoms with van der Waals surface area (Å²) in [7, 11) is 0. The first-order chi connectivity index (χ1) is 11.6. The number of aromatic nitrogens is 2. The molecule has 3 rings (SSSR count). The molecule has 2 aromatic rings. The SMILES string of the molecule is CCCNC(=O)CNC(=O)c1ccc2c(=O)n3c(nc2c1)CCC3. The first-order valence-electron chi connectivity index (χ1n) is 8.18. The monoisotopic (exact) mass is 328 g/mol. The third-order valence-corrected chi connectivity index (χ3v) is 4.06. The summed E-state index contributed by atoms with van der Waals surface area (Å²) in [6.07, 6.45) is 2.54. The van der Waals surface area contributed by atoms with Crippen LogP contribution < -0.4 is 16.2 Å². The highest BCUT2D eigenvalue weighted by molar-refractivity contribution is 5.99. The van der Waals surface area contributed by atoms with Crippen molar-refractivity contribution < 1.29 is 9.59 Å². The molecule has 126 valence electrons. The molecule has 0 radical (unpaired) electrons. The molecule has 0 bridgehead atoms. The van der Waals surface area contributed by atoms with E-state index in [-0.39, 0.29) is 23.9 Å². The highest BCUT2D eigenvalue weighted by Crippen LogP contribution is 2.16. The Balaban J connectivity index is 1.78. The van der Waals surface area contributed by atoms with Gasteiger partial charge >= 0.3 is 0 Å². The minimum atomic E-state index is -0.356. The summed E-state index contributed by atoms with van der Waals surface area (Å²) in [5.41, 5.74) is 0.857. The smallest absolute Gasteiger partial charge is 0.261 e. The van der Waals surface area contributed by atoms with Crippen LogP contribution in [0.25, 0.3) is 10.9 Å². The van der Waals surface area contributed by atoms with Gasteiger partial charge in [0.2, 0.25) is 5.91 Å². The lowest BCUT2D eigenvalue weighted by Crippen LogP contribution is -2.37. The van der Waals surface area contributed by atoms with Crippen LogP contribution in [0, 0.1) is 0 Å². The predicted octanol–water partition coefficient (Wildman–Crippen LogP) is 0.599. The summed E-state index contributed by atoms with van der Waals surface area (Å²) < 4.78 is 1.69. The minimum absolute atomic E-state index is 0.0570. The van der Waals surface area contributed by atoms with Crippen molar-refractivity contribution in [3.05, 3.63) is 39.9 Å². The molecule has 2 heterocycles. The highest BCUT2D eigenvalue weighted by atomic mass is 16.2. The molecule has 1 aliphatic heterocycles. The summed E-state index contributed by atoms with van der Waals surface area (Å²) in [5.74, 6) is 0.190. The number of aryl methyl sites for hydroxylation is 1. The summed E-state index contributed by atoms with van der Waals surface area (Å²) in [6.45, 7) is 3.17. The molecule has 0 unspecified atom stereocenters. The number of fused-ring (bicyclic) bond motifs is 2. The number of carbonyl (C=O) groups excluding carboxylic acids is 2. The molecule has 0 aliphatic carbocycles. The summed E-state index contributed by atoms with van der Waals surface area (Å²) >= 11 is 0. The van der Waals surface area contributed by atoms with Crippen molar-refractivity contribution in [3.63, 3.8) is 0 Å². The average molecular weight is 328 g/mol. The molecule has 0 fully saturated rings. The number of hydrogen-bond acceptors (Lipinski definition) is 4. The number of nitrogens with zero attached hydrogens (tertiary/aromatic N) is 2. The second-order valence-electron chi connectivity index (χ2n) is 5.85. The van der Waals surface area contributed by atoms with Crippen LogP contribution >= 0.6 is 0 Å². The van der Waals surface area contributed by atoms with E-state index in [9.17, 15) is 14.4 Å². The van der Waals surface area contributed by atoms with Crippen molar-refractivity contribution in [1.29, 1.82) is 0 Å². The van der Waals surface area contributed by atoms with Crippen molar-refractivity contribution in [2.24, 2.45) is 0 Å². The molecule has 0 atom stereocenters. The van der Waals surface area contributed by atoms with Crippen LogP contribution in [-0.4, -0.2) is 34.5 Å². The Bertz CT molecular complexity index is 857. The average Bonchev–Trinajstić information content (AvgIpc) is 3.06. The topological polar surface area (TPSA) is 93.1 Å². The molecule has 2 amide bonds. The maximum absolute atomic E-state index is 12.4. The van der Waals surface area contributed by atoms with Crippen molar-refractivity contribution in [1.82, 2.24) is 20.2 Å². The quantitative estimate of drug-likeness (QED) is 0.840. The molecule has 0 spiro atoms. The fourth-order valence-electron chi connectivity index (χ4n) is 2.81. The molecule has 1 aromatic heterocycles. The summed E-state index contributed by atoms with van der Waals surface area (Å²) in [4.78, 5) is 40.6. The van der Waals surface area contributed by atoms with Gasteiger partial charge in [0, 0.05) is 25.1 Å². The molecule has 7 nitrogen and oxygen atoms in total. The maximum Gasteiger partial charge on any atom is 0.261 e. The molecule has 2 N–H and O–H groups in total. The van der Waals surface area contributed by atoms with Gasteiger partial charge in [0.1, 0.15) is 5.82 Å². The fourth-order valence-corrected chi connectivity index (χ4v) is 2.81. The Morgan fingerprint density at radius 1 is 1.29 bits per heavy atom. The number of nitrogens with one attached hydrogen (secondary N) is 2. The molecule has 1 aromatic carbocycles. The number of amides is 2. The molecular weight excluding hydrogens is 308 g/mol.